The molecule has 0 heterocycles. The lowest BCUT2D eigenvalue weighted by atomic mass is 10.3. The highest BCUT2D eigenvalue weighted by molar-refractivity contribution is 14.1. The fourth-order valence-electron chi connectivity index (χ4n) is 0.453. The first-order chi connectivity index (χ1) is 4.31. The van der Waals surface area contributed by atoms with Gasteiger partial charge in [0.2, 0.25) is 0 Å². The topological polar surface area (TPSA) is 9.23 Å². The van der Waals surface area contributed by atoms with Crippen molar-refractivity contribution < 1.29 is 4.74 Å². The predicted molar refractivity (Wildman–Crippen MR) is 48.8 cm³/mol. The van der Waals surface area contributed by atoms with Gasteiger partial charge in [-0.3, -0.25) is 0 Å². The molecule has 0 unspecified atom stereocenters. The first-order valence-electron chi connectivity index (χ1n) is 2.75. The maximum Gasteiger partial charge on any atom is 0.0983 e. The molecule has 0 aromatic rings. The van der Waals surface area contributed by atoms with Crippen molar-refractivity contribution in [3.05, 3.63) is 24.3 Å². The van der Waals surface area contributed by atoms with Crippen LogP contribution in [0.3, 0.4) is 0 Å². The molecule has 0 atom stereocenters. The molecule has 0 amide bonds. The molecular weight excluding hydrogens is 227 g/mol. The van der Waals surface area contributed by atoms with E-state index < -0.39 is 0 Å². The second kappa shape index (κ2) is 6.29. The number of alkyl halides is 1. The van der Waals surface area contributed by atoms with Gasteiger partial charge in [-0.2, -0.15) is 0 Å². The average Bonchev–Trinajstić information content (AvgIpc) is 1.85. The molecule has 0 aliphatic rings. The smallest absolute Gasteiger partial charge is 0.0983 e. The summed E-state index contributed by atoms with van der Waals surface area (Å²) in [5, 5.41) is 0. The van der Waals surface area contributed by atoms with Gasteiger partial charge in [0.05, 0.1) is 11.2 Å². The zero-order valence-corrected chi connectivity index (χ0v) is 7.72. The third-order valence-electron chi connectivity index (χ3n) is 0.767. The number of allylic oxidation sites excluding steroid dienone is 1. The predicted octanol–water partition coefficient (Wildman–Crippen LogP) is 2.53. The van der Waals surface area contributed by atoms with Gasteiger partial charge in [-0.15, -0.1) is 0 Å². The molecule has 0 radical (unpaired) electrons. The molecule has 0 fully saturated rings. The van der Waals surface area contributed by atoms with E-state index in [1.54, 1.807) is 0 Å². The van der Waals surface area contributed by atoms with Gasteiger partial charge in [0.1, 0.15) is 0 Å². The number of hydrogen-bond donors (Lipinski definition) is 0. The highest BCUT2D eigenvalue weighted by Crippen LogP contribution is 1.94. The van der Waals surface area contributed by atoms with Crippen molar-refractivity contribution in [1.29, 1.82) is 0 Å². The summed E-state index contributed by atoms with van der Waals surface area (Å²) in [6, 6.07) is 0. The molecule has 0 N–H and O–H groups in total. The average molecular weight is 238 g/mol. The van der Waals surface area contributed by atoms with E-state index in [9.17, 15) is 0 Å². The van der Waals surface area contributed by atoms with Gasteiger partial charge in [-0.05, 0) is 12.5 Å². The lowest BCUT2D eigenvalue weighted by Crippen LogP contribution is -1.91. The van der Waals surface area contributed by atoms with E-state index in [0.29, 0.717) is 6.61 Å². The van der Waals surface area contributed by atoms with Crippen molar-refractivity contribution in [3.8, 4) is 0 Å². The number of ether oxygens (including phenoxy) is 1. The summed E-state index contributed by atoms with van der Waals surface area (Å²) in [5.74, 6) is 0. The van der Waals surface area contributed by atoms with Gasteiger partial charge in [-0.25, -0.2) is 0 Å². The molecule has 0 aliphatic carbocycles. The summed E-state index contributed by atoms with van der Waals surface area (Å²) in [5.41, 5.74) is 1.02. The molecule has 0 aliphatic heterocycles. The van der Waals surface area contributed by atoms with E-state index in [1.165, 1.54) is 0 Å². The Balaban J connectivity index is 3.27. The summed E-state index contributed by atoms with van der Waals surface area (Å²) in [6.07, 6.45) is 3.91. The fourth-order valence-corrected chi connectivity index (χ4v) is 0.674. The molecule has 0 aromatic carbocycles. The largest absolute Gasteiger partial charge is 0.366 e. The van der Waals surface area contributed by atoms with Crippen LogP contribution < -0.4 is 0 Å². The Morgan fingerprint density at radius 3 is 2.89 bits per heavy atom. The zero-order valence-electron chi connectivity index (χ0n) is 5.56. The molecule has 0 saturated heterocycles. The molecule has 0 rings (SSSR count). The van der Waals surface area contributed by atoms with E-state index >= 15 is 0 Å². The van der Waals surface area contributed by atoms with Gasteiger partial charge in [0, 0.05) is 0 Å². The highest BCUT2D eigenvalue weighted by Gasteiger charge is 1.84. The third kappa shape index (κ3) is 6.05. The Hall–Kier alpha value is 0.170. The first kappa shape index (κ1) is 9.17. The second-order valence-corrected chi connectivity index (χ2v) is 2.24. The van der Waals surface area contributed by atoms with Crippen LogP contribution in [-0.4, -0.2) is 11.2 Å². The molecule has 2 heteroatoms. The minimum atomic E-state index is 0.646. The van der Waals surface area contributed by atoms with Gasteiger partial charge in [-0.1, -0.05) is 41.3 Å². The quantitative estimate of drug-likeness (QED) is 0.415. The van der Waals surface area contributed by atoms with Gasteiger partial charge in [0.15, 0.2) is 0 Å². The SMILES string of the molecule is C=C(/C=C\C)COCI. The van der Waals surface area contributed by atoms with Gasteiger partial charge < -0.3 is 4.74 Å². The van der Waals surface area contributed by atoms with E-state index in [0.717, 1.165) is 10.2 Å². The Labute approximate surface area is 69.9 Å². The minimum Gasteiger partial charge on any atom is -0.366 e. The second-order valence-electron chi connectivity index (χ2n) is 1.62. The zero-order chi connectivity index (χ0) is 7.11. The van der Waals surface area contributed by atoms with Crippen LogP contribution in [-0.2, 0) is 4.74 Å². The van der Waals surface area contributed by atoms with Gasteiger partial charge in [0.25, 0.3) is 0 Å². The van der Waals surface area contributed by atoms with Crippen LogP contribution in [0.4, 0.5) is 0 Å². The van der Waals surface area contributed by atoms with Crippen molar-refractivity contribution in [3.63, 3.8) is 0 Å². The third-order valence-corrected chi connectivity index (χ3v) is 1.21. The molecule has 0 saturated carbocycles. The highest BCUT2D eigenvalue weighted by atomic mass is 127. The van der Waals surface area contributed by atoms with Crippen LogP contribution in [0.15, 0.2) is 24.3 Å². The fraction of sp³-hybridized carbons (Fsp3) is 0.429. The minimum absolute atomic E-state index is 0.646. The van der Waals surface area contributed by atoms with Crippen molar-refractivity contribution in [1.82, 2.24) is 0 Å². The van der Waals surface area contributed by atoms with E-state index in [2.05, 4.69) is 29.2 Å². The summed E-state index contributed by atoms with van der Waals surface area (Å²) in [4.78, 5) is 0. The molecule has 0 bridgehead atoms. The lowest BCUT2D eigenvalue weighted by Gasteiger charge is -1.96. The normalized spacial score (nSPS) is 10.4. The summed E-state index contributed by atoms with van der Waals surface area (Å²) < 4.78 is 5.81. The van der Waals surface area contributed by atoms with Crippen LogP contribution in [0, 0.1) is 0 Å². The van der Waals surface area contributed by atoms with Gasteiger partial charge >= 0.3 is 0 Å². The Bertz CT molecular complexity index is 107. The number of rotatable bonds is 4. The van der Waals surface area contributed by atoms with E-state index in [4.69, 9.17) is 4.74 Å². The van der Waals surface area contributed by atoms with Crippen molar-refractivity contribution in [2.24, 2.45) is 0 Å². The number of halogens is 1. The van der Waals surface area contributed by atoms with Crippen LogP contribution in [0.25, 0.3) is 0 Å². The standard InChI is InChI=1S/C7H11IO/c1-3-4-7(2)5-9-6-8/h3-4H,2,5-6H2,1H3/b4-3-. The number of hydrogen-bond acceptors (Lipinski definition) is 1. The summed E-state index contributed by atoms with van der Waals surface area (Å²) in [7, 11) is 0. The lowest BCUT2D eigenvalue weighted by molar-refractivity contribution is 0.220. The Kier molecular flexibility index (Phi) is 6.41. The summed E-state index contributed by atoms with van der Waals surface area (Å²) >= 11 is 2.16. The van der Waals surface area contributed by atoms with Crippen LogP contribution in [0.2, 0.25) is 0 Å². The summed E-state index contributed by atoms with van der Waals surface area (Å²) in [6.45, 7) is 6.38. The molecule has 1 nitrogen and oxygen atoms in total. The van der Waals surface area contributed by atoms with Crippen molar-refractivity contribution >= 4 is 22.6 Å². The Morgan fingerprint density at radius 1 is 1.78 bits per heavy atom. The Morgan fingerprint density at radius 2 is 2.44 bits per heavy atom. The first-order valence-corrected chi connectivity index (χ1v) is 4.28. The van der Waals surface area contributed by atoms with Crippen LogP contribution >= 0.6 is 22.6 Å². The maximum absolute atomic E-state index is 5.08. The molecule has 52 valence electrons. The monoisotopic (exact) mass is 238 g/mol. The van der Waals surface area contributed by atoms with Crippen LogP contribution in [0.1, 0.15) is 6.92 Å². The molecule has 0 spiro atoms. The van der Waals surface area contributed by atoms with E-state index in [1.807, 2.05) is 19.1 Å². The maximum atomic E-state index is 5.08. The van der Waals surface area contributed by atoms with Crippen molar-refractivity contribution in [2.45, 2.75) is 6.92 Å². The van der Waals surface area contributed by atoms with Crippen LogP contribution in [0.5, 0.6) is 0 Å². The van der Waals surface area contributed by atoms with E-state index in [-0.39, 0.29) is 0 Å². The molecular formula is C7H11IO. The molecule has 9 heavy (non-hydrogen) atoms. The molecule has 0 aromatic heterocycles. The van der Waals surface area contributed by atoms with Crippen molar-refractivity contribution in [2.75, 3.05) is 11.2 Å².